The second-order valence-corrected chi connectivity index (χ2v) is 15.2. The number of hydrogen-bond acceptors (Lipinski definition) is 5. The Morgan fingerprint density at radius 1 is 1.06 bits per heavy atom. The molecule has 4 rings (SSSR count). The summed E-state index contributed by atoms with van der Waals surface area (Å²) < 4.78 is 11.8. The van der Waals surface area contributed by atoms with Crippen molar-refractivity contribution in [2.24, 2.45) is 14.1 Å². The molecule has 0 aliphatic rings. The first kappa shape index (κ1) is 23.2. The summed E-state index contributed by atoms with van der Waals surface area (Å²) in [5.74, 6) is 0.492. The van der Waals surface area contributed by atoms with Gasteiger partial charge in [-0.1, -0.05) is 31.2 Å². The highest BCUT2D eigenvalue weighted by Gasteiger charge is 2.24. The molecule has 174 valence electrons. The van der Waals surface area contributed by atoms with Gasteiger partial charge in [0.25, 0.3) is 5.56 Å². The molecule has 0 unspecified atom stereocenters. The fraction of sp³-hybridized carbons (Fsp3) is 0.364. The Balaban J connectivity index is 1.96. The van der Waals surface area contributed by atoms with E-state index in [1.54, 1.807) is 34.6 Å². The number of aromatic nitrogens is 6. The van der Waals surface area contributed by atoms with Gasteiger partial charge in [-0.25, -0.2) is 9.78 Å². The minimum absolute atomic E-state index is 0.0103. The SMILES string of the molecule is Cn1nccc1-c1nc2c(c(=O)n(C)c(=O)n2COCC[Si](C)(C)C)n1-c1ccc(Cl)cc1. The van der Waals surface area contributed by atoms with Gasteiger partial charge < -0.3 is 4.74 Å². The number of halogens is 1. The quantitative estimate of drug-likeness (QED) is 0.295. The maximum Gasteiger partial charge on any atom is 0.334 e. The van der Waals surface area contributed by atoms with E-state index in [4.69, 9.17) is 21.3 Å². The predicted molar refractivity (Wildman–Crippen MR) is 132 cm³/mol. The molecule has 0 atom stereocenters. The number of hydrogen-bond donors (Lipinski definition) is 0. The Kier molecular flexibility index (Phi) is 6.17. The normalized spacial score (nSPS) is 12.1. The summed E-state index contributed by atoms with van der Waals surface area (Å²) >= 11 is 6.10. The number of nitrogens with zero attached hydrogens (tertiary/aromatic N) is 6. The maximum absolute atomic E-state index is 13.3. The van der Waals surface area contributed by atoms with E-state index in [1.807, 2.05) is 18.2 Å². The first-order valence-electron chi connectivity index (χ1n) is 10.6. The molecule has 0 aliphatic carbocycles. The molecule has 3 heterocycles. The molecule has 9 nitrogen and oxygen atoms in total. The lowest BCUT2D eigenvalue weighted by atomic mass is 10.3. The van der Waals surface area contributed by atoms with Crippen LogP contribution in [0.5, 0.6) is 0 Å². The first-order chi connectivity index (χ1) is 15.6. The van der Waals surface area contributed by atoms with Crippen molar-refractivity contribution in [2.75, 3.05) is 6.61 Å². The summed E-state index contributed by atoms with van der Waals surface area (Å²) in [6.45, 7) is 7.35. The average Bonchev–Trinajstić information content (AvgIpc) is 3.35. The number of imidazole rings is 1. The van der Waals surface area contributed by atoms with E-state index >= 15 is 0 Å². The molecule has 1 aromatic carbocycles. The van der Waals surface area contributed by atoms with E-state index in [9.17, 15) is 9.59 Å². The fourth-order valence-corrected chi connectivity index (χ4v) is 4.45. The molecule has 0 saturated heterocycles. The standard InChI is InChI=1S/C22H27ClN6O3Si/c1-26-21(30)18-20(28(22(26)31)14-32-12-13-33(3,4)5)25-19(17-10-11-24-27(17)2)29(18)16-8-6-15(23)7-9-16/h6-11H,12-14H2,1-5H3. The van der Waals surface area contributed by atoms with E-state index in [2.05, 4.69) is 24.7 Å². The zero-order chi connectivity index (χ0) is 23.9. The van der Waals surface area contributed by atoms with Gasteiger partial charge in [-0.15, -0.1) is 0 Å². The third kappa shape index (κ3) is 4.46. The average molecular weight is 487 g/mol. The molecule has 0 fully saturated rings. The Hall–Kier alpha value is -2.95. The van der Waals surface area contributed by atoms with Gasteiger partial charge in [-0.3, -0.25) is 23.2 Å². The summed E-state index contributed by atoms with van der Waals surface area (Å²) in [6, 6.07) is 9.89. The molecule has 11 heteroatoms. The van der Waals surface area contributed by atoms with Crippen LogP contribution in [0.1, 0.15) is 0 Å². The number of benzene rings is 1. The number of ether oxygens (including phenoxy) is 1. The van der Waals surface area contributed by atoms with Crippen LogP contribution in [-0.2, 0) is 25.6 Å². The van der Waals surface area contributed by atoms with Crippen LogP contribution >= 0.6 is 11.6 Å². The van der Waals surface area contributed by atoms with E-state index < -0.39 is 19.3 Å². The fourth-order valence-electron chi connectivity index (χ4n) is 3.56. The van der Waals surface area contributed by atoms with Gasteiger partial charge >= 0.3 is 5.69 Å². The number of fused-ring (bicyclic) bond motifs is 1. The van der Waals surface area contributed by atoms with Crippen LogP contribution in [0.3, 0.4) is 0 Å². The first-order valence-corrected chi connectivity index (χ1v) is 14.7. The summed E-state index contributed by atoms with van der Waals surface area (Å²) in [4.78, 5) is 31.1. The van der Waals surface area contributed by atoms with E-state index in [0.717, 1.165) is 10.6 Å². The predicted octanol–water partition coefficient (Wildman–Crippen LogP) is 3.25. The molecular formula is C22H27ClN6O3Si. The largest absolute Gasteiger partial charge is 0.361 e. The van der Waals surface area contributed by atoms with E-state index in [0.29, 0.717) is 28.8 Å². The van der Waals surface area contributed by atoms with Gasteiger partial charge in [0.15, 0.2) is 17.0 Å². The summed E-state index contributed by atoms with van der Waals surface area (Å²) in [5, 5.41) is 4.82. The van der Waals surface area contributed by atoms with Crippen molar-refractivity contribution in [3.05, 3.63) is 62.4 Å². The highest BCUT2D eigenvalue weighted by molar-refractivity contribution is 6.76. The summed E-state index contributed by atoms with van der Waals surface area (Å²) in [6.07, 6.45) is 1.66. The number of rotatable bonds is 7. The minimum atomic E-state index is -1.29. The van der Waals surface area contributed by atoms with Crippen LogP contribution in [0.4, 0.5) is 0 Å². The molecular weight excluding hydrogens is 460 g/mol. The summed E-state index contributed by atoms with van der Waals surface area (Å²) in [5.41, 5.74) is 1.02. The van der Waals surface area contributed by atoms with Gasteiger partial charge in [-0.2, -0.15) is 5.10 Å². The summed E-state index contributed by atoms with van der Waals surface area (Å²) in [7, 11) is 1.97. The van der Waals surface area contributed by atoms with Crippen LogP contribution < -0.4 is 11.2 Å². The molecule has 0 aliphatic heterocycles. The van der Waals surface area contributed by atoms with Gasteiger partial charge in [0.05, 0.1) is 0 Å². The van der Waals surface area contributed by atoms with Gasteiger partial charge in [0.1, 0.15) is 12.4 Å². The molecule has 0 spiro atoms. The van der Waals surface area contributed by atoms with Crippen molar-refractivity contribution in [2.45, 2.75) is 32.4 Å². The highest BCUT2D eigenvalue weighted by Crippen LogP contribution is 2.27. The zero-order valence-corrected chi connectivity index (χ0v) is 21.1. The molecule has 33 heavy (non-hydrogen) atoms. The second kappa shape index (κ2) is 8.77. The van der Waals surface area contributed by atoms with E-state index in [1.165, 1.54) is 11.6 Å². The van der Waals surface area contributed by atoms with Crippen LogP contribution in [0.2, 0.25) is 30.7 Å². The smallest absolute Gasteiger partial charge is 0.334 e. The molecule has 4 aromatic rings. The van der Waals surface area contributed by atoms with Crippen molar-refractivity contribution >= 4 is 30.8 Å². The van der Waals surface area contributed by atoms with Crippen molar-refractivity contribution < 1.29 is 4.74 Å². The van der Waals surface area contributed by atoms with E-state index in [-0.39, 0.29) is 17.9 Å². The maximum atomic E-state index is 13.3. The van der Waals surface area contributed by atoms with Crippen molar-refractivity contribution in [1.82, 2.24) is 28.5 Å². The van der Waals surface area contributed by atoms with Crippen LogP contribution in [0.15, 0.2) is 46.1 Å². The van der Waals surface area contributed by atoms with Crippen molar-refractivity contribution in [3.8, 4) is 17.2 Å². The van der Waals surface area contributed by atoms with Crippen molar-refractivity contribution in [1.29, 1.82) is 0 Å². The van der Waals surface area contributed by atoms with Crippen molar-refractivity contribution in [3.63, 3.8) is 0 Å². The monoisotopic (exact) mass is 486 g/mol. The van der Waals surface area contributed by atoms with Gasteiger partial charge in [0.2, 0.25) is 0 Å². The Morgan fingerprint density at radius 3 is 2.36 bits per heavy atom. The highest BCUT2D eigenvalue weighted by atomic mass is 35.5. The van der Waals surface area contributed by atoms with Crippen LogP contribution in [-0.4, -0.2) is 43.1 Å². The lowest BCUT2D eigenvalue weighted by molar-refractivity contribution is 0.0857. The molecule has 0 saturated carbocycles. The van der Waals surface area contributed by atoms with Gasteiger partial charge in [-0.05, 0) is 36.4 Å². The third-order valence-corrected chi connectivity index (χ3v) is 7.45. The molecule has 0 N–H and O–H groups in total. The topological polar surface area (TPSA) is 88.9 Å². The van der Waals surface area contributed by atoms with Gasteiger partial charge in [0, 0.05) is 45.7 Å². The Bertz CT molecular complexity index is 1430. The molecule has 0 amide bonds. The lowest BCUT2D eigenvalue weighted by Crippen LogP contribution is -2.39. The van der Waals surface area contributed by atoms with Crippen LogP contribution in [0, 0.1) is 0 Å². The van der Waals surface area contributed by atoms with Crippen LogP contribution in [0.25, 0.3) is 28.4 Å². The zero-order valence-electron chi connectivity index (χ0n) is 19.4. The molecule has 3 aromatic heterocycles. The number of aryl methyl sites for hydroxylation is 1. The lowest BCUT2D eigenvalue weighted by Gasteiger charge is -2.16. The Labute approximate surface area is 196 Å². The third-order valence-electron chi connectivity index (χ3n) is 5.49. The minimum Gasteiger partial charge on any atom is -0.361 e. The second-order valence-electron chi connectivity index (χ2n) is 9.18. The molecule has 0 bridgehead atoms. The molecule has 0 radical (unpaired) electrons. The Morgan fingerprint density at radius 2 is 1.76 bits per heavy atom.